The number of aromatic nitrogens is 2. The van der Waals surface area contributed by atoms with Gasteiger partial charge in [0.25, 0.3) is 6.43 Å². The summed E-state index contributed by atoms with van der Waals surface area (Å²) in [5.41, 5.74) is -0.558. The Morgan fingerprint density at radius 3 is 2.50 bits per heavy atom. The van der Waals surface area contributed by atoms with Crippen LogP contribution in [0.4, 0.5) is 32.2 Å². The monoisotopic (exact) mass is 475 g/mol. The van der Waals surface area contributed by atoms with E-state index >= 15 is 0 Å². The van der Waals surface area contributed by atoms with E-state index in [2.05, 4.69) is 15.3 Å². The minimum Gasteiger partial charge on any atom is -0.489 e. The predicted molar refractivity (Wildman–Crippen MR) is 99.2 cm³/mol. The van der Waals surface area contributed by atoms with Gasteiger partial charge in [-0.1, -0.05) is 11.6 Å². The summed E-state index contributed by atoms with van der Waals surface area (Å²) in [4.78, 5) is 7.25. The van der Waals surface area contributed by atoms with E-state index in [1.165, 1.54) is 13.8 Å². The van der Waals surface area contributed by atoms with Crippen LogP contribution in [0.3, 0.4) is 0 Å². The van der Waals surface area contributed by atoms with Crippen LogP contribution in [0.25, 0.3) is 0 Å². The van der Waals surface area contributed by atoms with E-state index in [4.69, 9.17) is 16.3 Å². The molecule has 1 heterocycles. The number of ether oxygens (including phenoxy) is 1. The van der Waals surface area contributed by atoms with Crippen LogP contribution in [-0.2, 0) is 10.8 Å². The van der Waals surface area contributed by atoms with E-state index in [0.29, 0.717) is 0 Å². The molecular formula is C17H16ClF6N3O2S. The molecule has 0 saturated carbocycles. The molecule has 1 atom stereocenters. The second-order valence-corrected chi connectivity index (χ2v) is 7.85. The quantitative estimate of drug-likeness (QED) is 0.431. The number of halogens is 7. The van der Waals surface area contributed by atoms with Crippen LogP contribution in [0.15, 0.2) is 17.0 Å². The summed E-state index contributed by atoms with van der Waals surface area (Å²) in [5.74, 6) is -2.83. The van der Waals surface area contributed by atoms with Gasteiger partial charge in [-0.2, -0.15) is 13.2 Å². The van der Waals surface area contributed by atoms with Crippen LogP contribution >= 0.6 is 11.6 Å². The first-order valence-corrected chi connectivity index (χ1v) is 10.0. The molecule has 1 aromatic heterocycles. The summed E-state index contributed by atoms with van der Waals surface area (Å²) < 4.78 is 94.4. The molecule has 2 rings (SSSR count). The molecule has 166 valence electrons. The molecule has 2 aromatic rings. The Kier molecular flexibility index (Phi) is 7.92. The zero-order valence-electron chi connectivity index (χ0n) is 15.6. The van der Waals surface area contributed by atoms with Crippen LogP contribution in [0.2, 0.25) is 5.02 Å². The van der Waals surface area contributed by atoms with Crippen molar-refractivity contribution in [3.63, 3.8) is 0 Å². The third-order valence-electron chi connectivity index (χ3n) is 3.62. The molecule has 0 bridgehead atoms. The molecule has 0 radical (unpaired) electrons. The molecule has 0 fully saturated rings. The van der Waals surface area contributed by atoms with E-state index in [-0.39, 0.29) is 40.3 Å². The Bertz CT molecular complexity index is 943. The first-order chi connectivity index (χ1) is 13.9. The SMILES string of the molecule is Cc1nc(NCCOc2cc(S(=O)CC(F)(F)F)c(C)cc2F)c(Cl)c(C(F)F)n1. The highest BCUT2D eigenvalue weighted by atomic mass is 35.5. The van der Waals surface area contributed by atoms with Crippen molar-refractivity contribution in [2.24, 2.45) is 0 Å². The zero-order valence-corrected chi connectivity index (χ0v) is 17.2. The molecule has 0 amide bonds. The highest BCUT2D eigenvalue weighted by Crippen LogP contribution is 2.30. The number of anilines is 1. The molecule has 1 N–H and O–H groups in total. The molecule has 30 heavy (non-hydrogen) atoms. The van der Waals surface area contributed by atoms with Crippen LogP contribution < -0.4 is 10.1 Å². The normalized spacial score (nSPS) is 12.9. The summed E-state index contributed by atoms with van der Waals surface area (Å²) in [6.45, 7) is 2.47. The Labute approximate surface area is 175 Å². The molecule has 0 aliphatic carbocycles. The van der Waals surface area contributed by atoms with Crippen molar-refractivity contribution in [3.05, 3.63) is 40.1 Å². The molecule has 13 heteroatoms. The van der Waals surface area contributed by atoms with Crippen molar-refractivity contribution >= 4 is 28.2 Å². The molecule has 0 saturated heterocycles. The van der Waals surface area contributed by atoms with Crippen molar-refractivity contribution in [3.8, 4) is 5.75 Å². The Balaban J connectivity index is 2.07. The van der Waals surface area contributed by atoms with E-state index in [1.807, 2.05) is 0 Å². The number of alkyl halides is 5. The standard InChI is InChI=1S/C17H16ClF6N3O2S/c1-8-5-10(19)11(6-12(8)30(28)7-17(22,23)24)29-4-3-25-16-13(18)14(15(20)21)26-9(2)27-16/h5-6,15H,3-4,7H2,1-2H3,(H,25,26,27). The van der Waals surface area contributed by atoms with E-state index in [9.17, 15) is 30.6 Å². The summed E-state index contributed by atoms with van der Waals surface area (Å²) in [6.07, 6.45) is -7.56. The van der Waals surface area contributed by atoms with E-state index in [0.717, 1.165) is 12.1 Å². The fourth-order valence-electron chi connectivity index (χ4n) is 2.39. The average molecular weight is 476 g/mol. The Morgan fingerprint density at radius 1 is 1.23 bits per heavy atom. The lowest BCUT2D eigenvalue weighted by Crippen LogP contribution is -2.19. The van der Waals surface area contributed by atoms with Gasteiger partial charge in [0.2, 0.25) is 0 Å². The van der Waals surface area contributed by atoms with Gasteiger partial charge in [0.05, 0.1) is 17.3 Å². The molecule has 0 spiro atoms. The highest BCUT2D eigenvalue weighted by Gasteiger charge is 2.32. The van der Waals surface area contributed by atoms with Crippen molar-refractivity contribution in [1.29, 1.82) is 0 Å². The van der Waals surface area contributed by atoms with Gasteiger partial charge in [-0.15, -0.1) is 0 Å². The summed E-state index contributed by atoms with van der Waals surface area (Å²) in [6, 6.07) is 1.87. The molecule has 0 aliphatic heterocycles. The van der Waals surface area contributed by atoms with Gasteiger partial charge >= 0.3 is 6.18 Å². The lowest BCUT2D eigenvalue weighted by molar-refractivity contribution is -0.105. The lowest BCUT2D eigenvalue weighted by atomic mass is 10.2. The van der Waals surface area contributed by atoms with Gasteiger partial charge in [0.1, 0.15) is 34.7 Å². The molecule has 1 unspecified atom stereocenters. The Hall–Kier alpha value is -2.08. The van der Waals surface area contributed by atoms with Crippen LogP contribution in [0, 0.1) is 19.7 Å². The first kappa shape index (κ1) is 24.2. The lowest BCUT2D eigenvalue weighted by Gasteiger charge is -2.14. The second kappa shape index (κ2) is 9.82. The van der Waals surface area contributed by atoms with E-state index < -0.39 is 46.4 Å². The number of aryl methyl sites for hydroxylation is 2. The molecular weight excluding hydrogens is 460 g/mol. The summed E-state index contributed by atoms with van der Waals surface area (Å²) >= 11 is 5.83. The van der Waals surface area contributed by atoms with Gasteiger partial charge in [-0.3, -0.25) is 4.21 Å². The number of hydrogen-bond donors (Lipinski definition) is 1. The highest BCUT2D eigenvalue weighted by molar-refractivity contribution is 7.85. The number of benzene rings is 1. The maximum atomic E-state index is 14.0. The van der Waals surface area contributed by atoms with Gasteiger partial charge in [0, 0.05) is 4.90 Å². The average Bonchev–Trinajstić information content (AvgIpc) is 2.60. The molecule has 5 nitrogen and oxygen atoms in total. The topological polar surface area (TPSA) is 64.1 Å². The number of nitrogens with zero attached hydrogens (tertiary/aromatic N) is 2. The van der Waals surface area contributed by atoms with Crippen molar-refractivity contribution in [2.75, 3.05) is 24.2 Å². The van der Waals surface area contributed by atoms with Crippen LogP contribution in [0.5, 0.6) is 5.75 Å². The smallest absolute Gasteiger partial charge is 0.400 e. The van der Waals surface area contributed by atoms with E-state index in [1.54, 1.807) is 0 Å². The number of hydrogen-bond acceptors (Lipinski definition) is 5. The third kappa shape index (κ3) is 6.46. The van der Waals surface area contributed by atoms with Gasteiger partial charge in [-0.25, -0.2) is 23.1 Å². The molecule has 1 aromatic carbocycles. The minimum absolute atomic E-state index is 0.0485. The molecule has 0 aliphatic rings. The summed E-state index contributed by atoms with van der Waals surface area (Å²) in [5, 5.41) is 2.27. The second-order valence-electron chi connectivity index (χ2n) is 6.05. The van der Waals surface area contributed by atoms with Crippen molar-refractivity contribution in [2.45, 2.75) is 31.3 Å². The van der Waals surface area contributed by atoms with Crippen LogP contribution in [0.1, 0.15) is 23.5 Å². The largest absolute Gasteiger partial charge is 0.489 e. The van der Waals surface area contributed by atoms with Crippen molar-refractivity contribution < 1.29 is 35.3 Å². The number of nitrogens with one attached hydrogen (secondary N) is 1. The fourth-order valence-corrected chi connectivity index (χ4v) is 3.73. The van der Waals surface area contributed by atoms with Crippen LogP contribution in [-0.4, -0.2) is 39.3 Å². The third-order valence-corrected chi connectivity index (χ3v) is 5.51. The van der Waals surface area contributed by atoms with Gasteiger partial charge in [0.15, 0.2) is 11.6 Å². The van der Waals surface area contributed by atoms with Gasteiger partial charge < -0.3 is 10.1 Å². The maximum absolute atomic E-state index is 14.0. The number of rotatable bonds is 8. The Morgan fingerprint density at radius 2 is 1.90 bits per heavy atom. The summed E-state index contributed by atoms with van der Waals surface area (Å²) in [7, 11) is -2.43. The maximum Gasteiger partial charge on any atom is 0.400 e. The fraction of sp³-hybridized carbons (Fsp3) is 0.412. The minimum atomic E-state index is -4.65. The predicted octanol–water partition coefficient (Wildman–Crippen LogP) is 4.98. The zero-order chi connectivity index (χ0) is 22.6. The van der Waals surface area contributed by atoms with Gasteiger partial charge in [-0.05, 0) is 31.5 Å². The first-order valence-electron chi connectivity index (χ1n) is 8.33. The van der Waals surface area contributed by atoms with Crippen molar-refractivity contribution in [1.82, 2.24) is 9.97 Å².